The number of hydrogen-bond acceptors (Lipinski definition) is 3. The molecule has 0 radical (unpaired) electrons. The molecule has 19 heavy (non-hydrogen) atoms. The summed E-state index contributed by atoms with van der Waals surface area (Å²) in [5, 5.41) is 0.752. The fraction of sp³-hybridized carbons (Fsp3) is 0.286. The number of aromatic nitrogens is 2. The number of aryl methyl sites for hydroxylation is 1. The largest absolute Gasteiger partial charge is 0.325 e. The number of para-hydroxylation sites is 1. The van der Waals surface area contributed by atoms with E-state index < -0.39 is 0 Å². The van der Waals surface area contributed by atoms with Crippen LogP contribution in [0.15, 0.2) is 30.5 Å². The molecule has 0 fully saturated rings. The number of fused-ring (bicyclic) bond motifs is 1. The maximum Gasteiger partial charge on any atom is 0.224 e. The van der Waals surface area contributed by atoms with E-state index in [9.17, 15) is 0 Å². The van der Waals surface area contributed by atoms with Gasteiger partial charge in [0, 0.05) is 12.2 Å². The van der Waals surface area contributed by atoms with Crippen LogP contribution in [0.4, 0.5) is 11.5 Å². The van der Waals surface area contributed by atoms with Crippen molar-refractivity contribution >= 4 is 34.7 Å². The molecule has 0 atom stereocenters. The Balaban J connectivity index is 2.11. The second kappa shape index (κ2) is 5.35. The lowest BCUT2D eigenvalue weighted by atomic mass is 10.1. The van der Waals surface area contributed by atoms with Gasteiger partial charge in [-0.3, -0.25) is 0 Å². The van der Waals surface area contributed by atoms with E-state index in [4.69, 9.17) is 23.2 Å². The van der Waals surface area contributed by atoms with Gasteiger partial charge in [0.25, 0.3) is 0 Å². The van der Waals surface area contributed by atoms with Crippen molar-refractivity contribution in [3.8, 4) is 0 Å². The molecule has 1 aliphatic heterocycles. The summed E-state index contributed by atoms with van der Waals surface area (Å²) in [5.74, 6) is 0.691. The third-order valence-corrected chi connectivity index (χ3v) is 3.76. The molecule has 2 aromatic rings. The van der Waals surface area contributed by atoms with Crippen LogP contribution in [0.2, 0.25) is 10.3 Å². The molecule has 2 heterocycles. The molecule has 1 aromatic heterocycles. The van der Waals surface area contributed by atoms with Crippen molar-refractivity contribution in [2.24, 2.45) is 0 Å². The quantitative estimate of drug-likeness (QED) is 0.736. The topological polar surface area (TPSA) is 29.0 Å². The van der Waals surface area contributed by atoms with Crippen LogP contribution in [0.25, 0.3) is 0 Å². The van der Waals surface area contributed by atoms with Crippen LogP contribution in [0.1, 0.15) is 18.4 Å². The molecule has 3 rings (SSSR count). The van der Waals surface area contributed by atoms with Crippen LogP contribution in [0, 0.1) is 0 Å². The number of hydrogen-bond donors (Lipinski definition) is 0. The highest BCUT2D eigenvalue weighted by Crippen LogP contribution is 2.35. The first-order chi connectivity index (χ1) is 9.25. The second-order valence-corrected chi connectivity index (χ2v) is 5.29. The highest BCUT2D eigenvalue weighted by molar-refractivity contribution is 6.33. The van der Waals surface area contributed by atoms with Gasteiger partial charge in [0.05, 0.1) is 6.20 Å². The maximum absolute atomic E-state index is 6.22. The van der Waals surface area contributed by atoms with Crippen LogP contribution in [0.5, 0.6) is 0 Å². The molecule has 0 aliphatic carbocycles. The first-order valence-electron chi connectivity index (χ1n) is 6.29. The first-order valence-corrected chi connectivity index (χ1v) is 7.05. The fourth-order valence-corrected chi connectivity index (χ4v) is 2.76. The van der Waals surface area contributed by atoms with Crippen molar-refractivity contribution < 1.29 is 0 Å². The molecule has 0 unspecified atom stereocenters. The van der Waals surface area contributed by atoms with Gasteiger partial charge >= 0.3 is 0 Å². The third-order valence-electron chi connectivity index (χ3n) is 3.31. The lowest BCUT2D eigenvalue weighted by Crippen LogP contribution is -2.19. The van der Waals surface area contributed by atoms with Gasteiger partial charge in [-0.2, -0.15) is 4.98 Å². The third kappa shape index (κ3) is 2.53. The molecule has 3 nitrogen and oxygen atoms in total. The van der Waals surface area contributed by atoms with E-state index in [2.05, 4.69) is 33.1 Å². The van der Waals surface area contributed by atoms with E-state index in [1.807, 2.05) is 6.07 Å². The minimum Gasteiger partial charge on any atom is -0.325 e. The Morgan fingerprint density at radius 2 is 1.95 bits per heavy atom. The molecule has 0 saturated heterocycles. The minimum absolute atomic E-state index is 0.223. The van der Waals surface area contributed by atoms with Gasteiger partial charge < -0.3 is 4.90 Å². The molecular weight excluding hydrogens is 281 g/mol. The van der Waals surface area contributed by atoms with Gasteiger partial charge in [-0.05, 0) is 42.5 Å². The zero-order valence-corrected chi connectivity index (χ0v) is 11.8. The van der Waals surface area contributed by atoms with Crippen LogP contribution in [-0.2, 0) is 6.42 Å². The molecule has 0 N–H and O–H groups in total. The molecule has 98 valence electrons. The van der Waals surface area contributed by atoms with E-state index in [0.717, 1.165) is 25.1 Å². The monoisotopic (exact) mass is 293 g/mol. The zero-order chi connectivity index (χ0) is 13.2. The molecular formula is C14H13Cl2N3. The summed E-state index contributed by atoms with van der Waals surface area (Å²) in [4.78, 5) is 10.3. The second-order valence-electron chi connectivity index (χ2n) is 4.55. The molecule has 5 heteroatoms. The van der Waals surface area contributed by atoms with Crippen molar-refractivity contribution in [2.45, 2.75) is 19.3 Å². The number of anilines is 2. The van der Waals surface area contributed by atoms with E-state index in [-0.39, 0.29) is 5.28 Å². The highest BCUT2D eigenvalue weighted by atomic mass is 35.5. The number of benzene rings is 1. The van der Waals surface area contributed by atoms with Crippen LogP contribution >= 0.6 is 23.2 Å². The lowest BCUT2D eigenvalue weighted by molar-refractivity contribution is 0.757. The normalized spacial score (nSPS) is 14.9. The number of nitrogens with zero attached hydrogens (tertiary/aromatic N) is 3. The Morgan fingerprint density at radius 1 is 1.11 bits per heavy atom. The Hall–Kier alpha value is -1.32. The van der Waals surface area contributed by atoms with Crippen molar-refractivity contribution in [1.82, 2.24) is 9.97 Å². The number of halogens is 2. The van der Waals surface area contributed by atoms with Crippen LogP contribution in [0.3, 0.4) is 0 Å². The van der Waals surface area contributed by atoms with Crippen molar-refractivity contribution in [3.63, 3.8) is 0 Å². The predicted molar refractivity (Wildman–Crippen MR) is 78.4 cm³/mol. The zero-order valence-electron chi connectivity index (χ0n) is 10.3. The maximum atomic E-state index is 6.22. The smallest absolute Gasteiger partial charge is 0.224 e. The average molecular weight is 294 g/mol. The summed E-state index contributed by atoms with van der Waals surface area (Å²) in [6.45, 7) is 0.893. The molecule has 0 amide bonds. The summed E-state index contributed by atoms with van der Waals surface area (Å²) in [6.07, 6.45) is 4.92. The van der Waals surface area contributed by atoms with Crippen molar-refractivity contribution in [1.29, 1.82) is 0 Å². The van der Waals surface area contributed by atoms with Gasteiger partial charge in [-0.1, -0.05) is 29.8 Å². The summed E-state index contributed by atoms with van der Waals surface area (Å²) in [5.41, 5.74) is 2.49. The molecule has 0 saturated carbocycles. The van der Waals surface area contributed by atoms with Gasteiger partial charge in [-0.15, -0.1) is 0 Å². The highest BCUT2D eigenvalue weighted by Gasteiger charge is 2.20. The van der Waals surface area contributed by atoms with Gasteiger partial charge in [0.1, 0.15) is 5.02 Å². The Morgan fingerprint density at radius 3 is 2.84 bits per heavy atom. The van der Waals surface area contributed by atoms with Gasteiger partial charge in [0.15, 0.2) is 5.82 Å². The first kappa shape index (κ1) is 12.7. The minimum atomic E-state index is 0.223. The molecule has 0 spiro atoms. The summed E-state index contributed by atoms with van der Waals surface area (Å²) < 4.78 is 0. The van der Waals surface area contributed by atoms with Crippen molar-refractivity contribution in [2.75, 3.05) is 11.4 Å². The Kier molecular flexibility index (Phi) is 3.58. The van der Waals surface area contributed by atoms with Crippen LogP contribution in [-0.4, -0.2) is 16.5 Å². The molecule has 1 aromatic carbocycles. The average Bonchev–Trinajstić information content (AvgIpc) is 2.64. The molecule has 0 bridgehead atoms. The Labute approximate surface area is 122 Å². The van der Waals surface area contributed by atoms with Gasteiger partial charge in [-0.25, -0.2) is 4.98 Å². The SMILES string of the molecule is Clc1ncc(Cl)c(N2CCCCc3ccccc32)n1. The van der Waals surface area contributed by atoms with Crippen molar-refractivity contribution in [3.05, 3.63) is 46.3 Å². The van der Waals surface area contributed by atoms with E-state index >= 15 is 0 Å². The molecule has 1 aliphatic rings. The predicted octanol–water partition coefficient (Wildman–Crippen LogP) is 4.26. The summed E-state index contributed by atoms with van der Waals surface area (Å²) in [6, 6.07) is 8.36. The Bertz CT molecular complexity index is 601. The van der Waals surface area contributed by atoms with Gasteiger partial charge in [0.2, 0.25) is 5.28 Å². The van der Waals surface area contributed by atoms with E-state index in [1.165, 1.54) is 12.0 Å². The van der Waals surface area contributed by atoms with E-state index in [1.54, 1.807) is 6.20 Å². The lowest BCUT2D eigenvalue weighted by Gasteiger charge is -2.24. The standard InChI is InChI=1S/C14H13Cl2N3/c15-11-9-17-14(16)18-13(11)19-8-4-3-6-10-5-1-2-7-12(10)19/h1-2,5,7,9H,3-4,6,8H2. The fourth-order valence-electron chi connectivity index (χ4n) is 2.44. The van der Waals surface area contributed by atoms with E-state index in [0.29, 0.717) is 10.8 Å². The number of rotatable bonds is 1. The van der Waals surface area contributed by atoms with Crippen LogP contribution < -0.4 is 4.90 Å². The summed E-state index contributed by atoms with van der Waals surface area (Å²) >= 11 is 12.1. The summed E-state index contributed by atoms with van der Waals surface area (Å²) in [7, 11) is 0.